The summed E-state index contributed by atoms with van der Waals surface area (Å²) >= 11 is 0. The predicted molar refractivity (Wildman–Crippen MR) is 89.4 cm³/mol. The second-order valence-corrected chi connectivity index (χ2v) is 5.94. The minimum Gasteiger partial charge on any atom is -0.480 e. The molecular formula is C17H30O8. The molecule has 0 atom stereocenters. The summed E-state index contributed by atoms with van der Waals surface area (Å²) < 4.78 is 9.38. The largest absolute Gasteiger partial charge is 0.480 e. The smallest absolute Gasteiger partial charge is 0.377 e. The lowest BCUT2D eigenvalue weighted by atomic mass is 10.1. The van der Waals surface area contributed by atoms with Crippen molar-refractivity contribution in [1.29, 1.82) is 0 Å². The van der Waals surface area contributed by atoms with Gasteiger partial charge in [0.25, 0.3) is 0 Å². The van der Waals surface area contributed by atoms with Gasteiger partial charge in [0.1, 0.15) is 6.61 Å². The standard InChI is InChI=1S/C17H30O8/c1-2-3-4-5-6-7-8-9-10-11-12-24-17(15(20)21,16(22)23)25-13-14(18)19/h2-13H2,1H3,(H,18,19)(H,20,21)(H,22,23). The molecule has 0 aliphatic heterocycles. The number of carbonyl (C=O) groups is 3. The summed E-state index contributed by atoms with van der Waals surface area (Å²) in [5.74, 6) is -8.21. The Morgan fingerprint density at radius 1 is 0.720 bits per heavy atom. The Kier molecular flexibility index (Phi) is 12.7. The molecule has 146 valence electrons. The first-order valence-corrected chi connectivity index (χ1v) is 8.83. The molecular weight excluding hydrogens is 332 g/mol. The normalized spacial score (nSPS) is 11.4. The summed E-state index contributed by atoms with van der Waals surface area (Å²) in [6.07, 6.45) is 10.7. The number of aliphatic carboxylic acids is 3. The minimum atomic E-state index is -2.97. The van der Waals surface area contributed by atoms with Gasteiger partial charge in [-0.2, -0.15) is 0 Å². The maximum atomic E-state index is 11.2. The van der Waals surface area contributed by atoms with Crippen molar-refractivity contribution in [3.05, 3.63) is 0 Å². The summed E-state index contributed by atoms with van der Waals surface area (Å²) in [6.45, 7) is 0.976. The molecule has 0 spiro atoms. The van der Waals surface area contributed by atoms with Crippen LogP contribution in [0, 0.1) is 0 Å². The first kappa shape index (κ1) is 23.3. The predicted octanol–water partition coefficient (Wildman–Crippen LogP) is 2.89. The number of rotatable bonds is 17. The summed E-state index contributed by atoms with van der Waals surface area (Å²) in [6, 6.07) is 0. The molecule has 8 heteroatoms. The highest BCUT2D eigenvalue weighted by Crippen LogP contribution is 2.17. The minimum absolute atomic E-state index is 0.130. The molecule has 0 saturated carbocycles. The van der Waals surface area contributed by atoms with Gasteiger partial charge in [0.2, 0.25) is 0 Å². The third kappa shape index (κ3) is 10.0. The summed E-state index contributed by atoms with van der Waals surface area (Å²) in [5, 5.41) is 26.6. The average Bonchev–Trinajstić information content (AvgIpc) is 2.54. The molecule has 0 saturated heterocycles. The van der Waals surface area contributed by atoms with Gasteiger partial charge in [-0.3, -0.25) is 0 Å². The lowest BCUT2D eigenvalue weighted by Gasteiger charge is -2.24. The van der Waals surface area contributed by atoms with Gasteiger partial charge >= 0.3 is 23.7 Å². The molecule has 0 aliphatic rings. The highest BCUT2D eigenvalue weighted by Gasteiger charge is 2.50. The van der Waals surface area contributed by atoms with Crippen LogP contribution < -0.4 is 0 Å². The fourth-order valence-electron chi connectivity index (χ4n) is 2.35. The van der Waals surface area contributed by atoms with E-state index in [0.717, 1.165) is 25.7 Å². The van der Waals surface area contributed by atoms with Crippen LogP contribution in [-0.2, 0) is 23.9 Å². The number of hydrogen-bond donors (Lipinski definition) is 3. The van der Waals surface area contributed by atoms with E-state index < -0.39 is 30.3 Å². The van der Waals surface area contributed by atoms with Crippen LogP contribution in [0.5, 0.6) is 0 Å². The third-order valence-corrected chi connectivity index (χ3v) is 3.77. The maximum absolute atomic E-state index is 11.2. The van der Waals surface area contributed by atoms with E-state index in [1.807, 2.05) is 0 Å². The third-order valence-electron chi connectivity index (χ3n) is 3.77. The second-order valence-electron chi connectivity index (χ2n) is 5.94. The van der Waals surface area contributed by atoms with Crippen molar-refractivity contribution in [3.63, 3.8) is 0 Å². The number of carboxylic acids is 3. The lowest BCUT2D eigenvalue weighted by molar-refractivity contribution is -0.248. The molecule has 0 rings (SSSR count). The molecule has 0 radical (unpaired) electrons. The van der Waals surface area contributed by atoms with E-state index in [0.29, 0.717) is 6.42 Å². The molecule has 0 amide bonds. The monoisotopic (exact) mass is 362 g/mol. The van der Waals surface area contributed by atoms with E-state index in [2.05, 4.69) is 11.7 Å². The maximum Gasteiger partial charge on any atom is 0.377 e. The van der Waals surface area contributed by atoms with Crippen LogP contribution in [0.25, 0.3) is 0 Å². The fourth-order valence-corrected chi connectivity index (χ4v) is 2.35. The molecule has 0 aliphatic carbocycles. The van der Waals surface area contributed by atoms with Crippen LogP contribution in [0.2, 0.25) is 0 Å². The molecule has 8 nitrogen and oxygen atoms in total. The first-order chi connectivity index (χ1) is 11.9. The zero-order chi connectivity index (χ0) is 19.1. The Hall–Kier alpha value is -1.67. The number of carboxylic acid groups (broad SMARTS) is 3. The number of unbranched alkanes of at least 4 members (excludes halogenated alkanes) is 9. The first-order valence-electron chi connectivity index (χ1n) is 8.83. The Bertz CT molecular complexity index is 393. The van der Waals surface area contributed by atoms with Gasteiger partial charge in [-0.15, -0.1) is 0 Å². The Labute approximate surface area is 148 Å². The summed E-state index contributed by atoms with van der Waals surface area (Å²) in [4.78, 5) is 32.8. The van der Waals surface area contributed by atoms with Crippen molar-refractivity contribution in [2.24, 2.45) is 0 Å². The van der Waals surface area contributed by atoms with Crippen molar-refractivity contribution >= 4 is 17.9 Å². The zero-order valence-electron chi connectivity index (χ0n) is 14.9. The van der Waals surface area contributed by atoms with Crippen molar-refractivity contribution in [1.82, 2.24) is 0 Å². The zero-order valence-corrected chi connectivity index (χ0v) is 14.9. The van der Waals surface area contributed by atoms with Crippen LogP contribution in [0.15, 0.2) is 0 Å². The van der Waals surface area contributed by atoms with Crippen molar-refractivity contribution in [2.45, 2.75) is 76.9 Å². The molecule has 0 aromatic heterocycles. The van der Waals surface area contributed by atoms with Gasteiger partial charge in [0, 0.05) is 0 Å². The number of hydrogen-bond acceptors (Lipinski definition) is 5. The molecule has 25 heavy (non-hydrogen) atoms. The molecule has 0 unspecified atom stereocenters. The molecule has 0 fully saturated rings. The molecule has 0 aromatic carbocycles. The van der Waals surface area contributed by atoms with Crippen molar-refractivity contribution in [2.75, 3.05) is 13.2 Å². The Morgan fingerprint density at radius 2 is 1.16 bits per heavy atom. The molecule has 0 bridgehead atoms. The van der Waals surface area contributed by atoms with Gasteiger partial charge in [-0.1, -0.05) is 64.7 Å². The average molecular weight is 362 g/mol. The highest BCUT2D eigenvalue weighted by molar-refractivity contribution is 6.00. The highest BCUT2D eigenvalue weighted by atomic mass is 16.7. The van der Waals surface area contributed by atoms with Crippen molar-refractivity contribution < 1.29 is 39.2 Å². The van der Waals surface area contributed by atoms with Crippen LogP contribution in [0.3, 0.4) is 0 Å². The van der Waals surface area contributed by atoms with E-state index >= 15 is 0 Å². The fraction of sp³-hybridized carbons (Fsp3) is 0.824. The van der Waals surface area contributed by atoms with Gasteiger partial charge in [-0.05, 0) is 6.42 Å². The Balaban J connectivity index is 4.01. The van der Waals surface area contributed by atoms with E-state index in [-0.39, 0.29) is 6.61 Å². The lowest BCUT2D eigenvalue weighted by Crippen LogP contribution is -2.52. The molecule has 0 aromatic rings. The van der Waals surface area contributed by atoms with Gasteiger partial charge in [-0.25, -0.2) is 14.4 Å². The van der Waals surface area contributed by atoms with Crippen LogP contribution in [0.4, 0.5) is 0 Å². The Morgan fingerprint density at radius 3 is 1.56 bits per heavy atom. The van der Waals surface area contributed by atoms with E-state index in [4.69, 9.17) is 20.1 Å². The van der Waals surface area contributed by atoms with Crippen LogP contribution >= 0.6 is 0 Å². The quantitative estimate of drug-likeness (QED) is 0.204. The van der Waals surface area contributed by atoms with E-state index in [9.17, 15) is 14.4 Å². The summed E-state index contributed by atoms with van der Waals surface area (Å²) in [5.41, 5.74) is 0. The topological polar surface area (TPSA) is 130 Å². The molecule has 3 N–H and O–H groups in total. The number of ether oxygens (including phenoxy) is 2. The SMILES string of the molecule is CCCCCCCCCCCCOC(OCC(=O)O)(C(=O)O)C(=O)O. The summed E-state index contributed by atoms with van der Waals surface area (Å²) in [7, 11) is 0. The van der Waals surface area contributed by atoms with E-state index in [1.54, 1.807) is 0 Å². The second kappa shape index (κ2) is 13.6. The molecule has 0 heterocycles. The van der Waals surface area contributed by atoms with Gasteiger partial charge in [0.15, 0.2) is 0 Å². The van der Waals surface area contributed by atoms with Gasteiger partial charge in [0.05, 0.1) is 6.61 Å². The van der Waals surface area contributed by atoms with Crippen LogP contribution in [0.1, 0.15) is 71.1 Å². The van der Waals surface area contributed by atoms with Crippen LogP contribution in [-0.4, -0.2) is 52.2 Å². The van der Waals surface area contributed by atoms with Gasteiger partial charge < -0.3 is 24.8 Å². The van der Waals surface area contributed by atoms with Crippen molar-refractivity contribution in [3.8, 4) is 0 Å². The van der Waals surface area contributed by atoms with E-state index in [1.165, 1.54) is 32.1 Å².